The van der Waals surface area contributed by atoms with Gasteiger partial charge in [0.2, 0.25) is 0 Å². The zero-order valence-corrected chi connectivity index (χ0v) is 21.9. The molecule has 0 bridgehead atoms. The van der Waals surface area contributed by atoms with Crippen LogP contribution < -0.4 is 5.32 Å². The van der Waals surface area contributed by atoms with Crippen LogP contribution in [0.4, 0.5) is 10.5 Å². The second-order valence-electron chi connectivity index (χ2n) is 9.29. The number of carbonyl (C=O) groups excluding carboxylic acids is 2. The zero-order chi connectivity index (χ0) is 25.5. The molecule has 188 valence electrons. The van der Waals surface area contributed by atoms with E-state index in [1.807, 2.05) is 29.2 Å². The lowest BCUT2D eigenvalue weighted by molar-refractivity contribution is -0.129. The third-order valence-corrected chi connectivity index (χ3v) is 8.06. The van der Waals surface area contributed by atoms with Crippen LogP contribution in [-0.2, 0) is 16.0 Å². The van der Waals surface area contributed by atoms with Crippen molar-refractivity contribution in [3.63, 3.8) is 0 Å². The fourth-order valence-electron chi connectivity index (χ4n) is 4.99. The van der Waals surface area contributed by atoms with Gasteiger partial charge in [0, 0.05) is 21.3 Å². The SMILES string of the molecule is C#CC(=O)N1[C@@H](CCCC)Cc2c(sc3ccccc23)[C@@H]1c1ccc(NC(=O)OCCCCC)cc1. The molecule has 4 rings (SSSR count). The quantitative estimate of drug-likeness (QED) is 0.247. The van der Waals surface area contributed by atoms with E-state index in [0.717, 1.165) is 50.5 Å². The van der Waals surface area contributed by atoms with Gasteiger partial charge in [-0.15, -0.1) is 17.8 Å². The maximum atomic E-state index is 13.1. The summed E-state index contributed by atoms with van der Waals surface area (Å²) >= 11 is 1.74. The molecule has 1 aromatic heterocycles. The van der Waals surface area contributed by atoms with Crippen LogP contribution in [0.1, 0.15) is 74.4 Å². The highest BCUT2D eigenvalue weighted by atomic mass is 32.1. The summed E-state index contributed by atoms with van der Waals surface area (Å²) in [6.07, 6.45) is 12.0. The molecule has 1 N–H and O–H groups in total. The molecule has 0 radical (unpaired) electrons. The predicted octanol–water partition coefficient (Wildman–Crippen LogP) is 7.31. The van der Waals surface area contributed by atoms with Crippen molar-refractivity contribution in [1.29, 1.82) is 0 Å². The van der Waals surface area contributed by atoms with Gasteiger partial charge in [0.05, 0.1) is 12.6 Å². The Kier molecular flexibility index (Phi) is 8.66. The first kappa shape index (κ1) is 25.8. The van der Waals surface area contributed by atoms with E-state index >= 15 is 0 Å². The van der Waals surface area contributed by atoms with Crippen LogP contribution in [0.3, 0.4) is 0 Å². The second-order valence-corrected chi connectivity index (χ2v) is 10.4. The topological polar surface area (TPSA) is 58.6 Å². The first-order chi connectivity index (χ1) is 17.6. The summed E-state index contributed by atoms with van der Waals surface area (Å²) in [5.41, 5.74) is 2.96. The van der Waals surface area contributed by atoms with Gasteiger partial charge in [0.15, 0.2) is 0 Å². The summed E-state index contributed by atoms with van der Waals surface area (Å²) in [5, 5.41) is 4.06. The van der Waals surface area contributed by atoms with E-state index in [1.54, 1.807) is 11.3 Å². The number of thiophene rings is 1. The molecule has 2 heterocycles. The predicted molar refractivity (Wildman–Crippen MR) is 147 cm³/mol. The van der Waals surface area contributed by atoms with Gasteiger partial charge in [0.25, 0.3) is 5.91 Å². The van der Waals surface area contributed by atoms with Crippen molar-refractivity contribution in [2.75, 3.05) is 11.9 Å². The van der Waals surface area contributed by atoms with Gasteiger partial charge in [-0.25, -0.2) is 4.79 Å². The number of anilines is 1. The smallest absolute Gasteiger partial charge is 0.411 e. The van der Waals surface area contributed by atoms with Crippen LogP contribution in [0.5, 0.6) is 0 Å². The standard InChI is InChI=1S/C30H34N2O3S/c1-4-7-11-19-35-30(34)31-22-17-15-21(16-18-22)28-29-25(24-13-9-10-14-26(24)36-29)20-23(12-8-5-2)32(28)27(33)6-3/h3,9-10,13-18,23,28H,4-5,7-8,11-12,19-20H2,1-2H3,(H,31,34)/t23-,28-/m0/s1. The Morgan fingerprint density at radius 3 is 2.56 bits per heavy atom. The van der Waals surface area contributed by atoms with Crippen molar-refractivity contribution in [1.82, 2.24) is 4.90 Å². The van der Waals surface area contributed by atoms with E-state index < -0.39 is 6.09 Å². The average Bonchev–Trinajstić information content (AvgIpc) is 3.27. The molecule has 2 amide bonds. The maximum absolute atomic E-state index is 13.1. The molecule has 0 saturated heterocycles. The minimum absolute atomic E-state index is 0.0416. The van der Waals surface area contributed by atoms with Crippen LogP contribution in [0.15, 0.2) is 48.5 Å². The van der Waals surface area contributed by atoms with Gasteiger partial charge in [-0.2, -0.15) is 0 Å². The first-order valence-corrected chi connectivity index (χ1v) is 13.7. The van der Waals surface area contributed by atoms with Crippen LogP contribution in [0.2, 0.25) is 0 Å². The van der Waals surface area contributed by atoms with Crippen LogP contribution in [0.25, 0.3) is 10.1 Å². The fraction of sp³-hybridized carbons (Fsp3) is 0.400. The summed E-state index contributed by atoms with van der Waals surface area (Å²) in [7, 11) is 0. The number of unbranched alkanes of at least 4 members (excludes halogenated alkanes) is 3. The Labute approximate surface area is 217 Å². The van der Waals surface area contributed by atoms with Crippen LogP contribution >= 0.6 is 11.3 Å². The Hall–Kier alpha value is -3.30. The van der Waals surface area contributed by atoms with Crippen molar-refractivity contribution >= 4 is 39.1 Å². The number of ether oxygens (including phenoxy) is 1. The minimum atomic E-state index is -0.452. The molecule has 2 atom stereocenters. The lowest BCUT2D eigenvalue weighted by Crippen LogP contribution is -2.46. The van der Waals surface area contributed by atoms with Gasteiger partial charge in [-0.3, -0.25) is 10.1 Å². The number of benzene rings is 2. The monoisotopic (exact) mass is 502 g/mol. The molecule has 6 heteroatoms. The highest BCUT2D eigenvalue weighted by Crippen LogP contribution is 2.46. The van der Waals surface area contributed by atoms with E-state index in [9.17, 15) is 9.59 Å². The summed E-state index contributed by atoms with van der Waals surface area (Å²) in [6.45, 7) is 4.69. The number of amides is 2. The molecule has 0 fully saturated rings. The lowest BCUT2D eigenvalue weighted by Gasteiger charge is -2.41. The Morgan fingerprint density at radius 2 is 1.83 bits per heavy atom. The first-order valence-electron chi connectivity index (χ1n) is 12.9. The number of hydrogen-bond acceptors (Lipinski definition) is 4. The minimum Gasteiger partial charge on any atom is -0.449 e. The Bertz CT molecular complexity index is 1240. The summed E-state index contributed by atoms with van der Waals surface area (Å²) in [5.74, 6) is 2.11. The van der Waals surface area contributed by atoms with Gasteiger partial charge < -0.3 is 9.64 Å². The molecule has 2 aromatic carbocycles. The Morgan fingerprint density at radius 1 is 1.08 bits per heavy atom. The zero-order valence-electron chi connectivity index (χ0n) is 21.1. The average molecular weight is 503 g/mol. The molecule has 36 heavy (non-hydrogen) atoms. The molecule has 0 spiro atoms. The molecule has 5 nitrogen and oxygen atoms in total. The fourth-order valence-corrected chi connectivity index (χ4v) is 6.35. The maximum Gasteiger partial charge on any atom is 0.411 e. The normalized spacial score (nSPS) is 16.9. The lowest BCUT2D eigenvalue weighted by atomic mass is 9.86. The van der Waals surface area contributed by atoms with Crippen molar-refractivity contribution in [2.24, 2.45) is 0 Å². The molecular weight excluding hydrogens is 468 g/mol. The number of rotatable bonds is 9. The highest BCUT2D eigenvalue weighted by molar-refractivity contribution is 7.19. The van der Waals surface area contributed by atoms with Gasteiger partial charge >= 0.3 is 6.09 Å². The van der Waals surface area contributed by atoms with Crippen LogP contribution in [-0.4, -0.2) is 29.5 Å². The third-order valence-electron chi connectivity index (χ3n) is 6.79. The van der Waals surface area contributed by atoms with E-state index in [2.05, 4.69) is 49.4 Å². The Balaban J connectivity index is 1.66. The number of carbonyl (C=O) groups is 2. The van der Waals surface area contributed by atoms with Crippen molar-refractivity contribution in [3.8, 4) is 12.3 Å². The molecule has 3 aromatic rings. The van der Waals surface area contributed by atoms with Crippen molar-refractivity contribution in [3.05, 3.63) is 64.5 Å². The van der Waals surface area contributed by atoms with E-state index in [0.29, 0.717) is 12.3 Å². The van der Waals surface area contributed by atoms with Gasteiger partial charge in [-0.1, -0.05) is 69.9 Å². The number of nitrogens with zero attached hydrogens (tertiary/aromatic N) is 1. The van der Waals surface area contributed by atoms with E-state index in [4.69, 9.17) is 11.2 Å². The molecule has 1 aliphatic heterocycles. The third kappa shape index (κ3) is 5.57. The molecule has 0 aliphatic carbocycles. The molecule has 0 unspecified atom stereocenters. The number of fused-ring (bicyclic) bond motifs is 3. The van der Waals surface area contributed by atoms with E-state index in [-0.39, 0.29) is 18.0 Å². The second kappa shape index (κ2) is 12.1. The van der Waals surface area contributed by atoms with Crippen molar-refractivity contribution < 1.29 is 14.3 Å². The largest absolute Gasteiger partial charge is 0.449 e. The van der Waals surface area contributed by atoms with Gasteiger partial charge in [0.1, 0.15) is 0 Å². The van der Waals surface area contributed by atoms with Gasteiger partial charge in [-0.05, 0) is 59.9 Å². The van der Waals surface area contributed by atoms with E-state index in [1.165, 1.54) is 20.5 Å². The summed E-state index contributed by atoms with van der Waals surface area (Å²) in [4.78, 5) is 28.4. The summed E-state index contributed by atoms with van der Waals surface area (Å²) < 4.78 is 6.49. The number of hydrogen-bond donors (Lipinski definition) is 1. The number of terminal acetylenes is 1. The van der Waals surface area contributed by atoms with Crippen molar-refractivity contribution in [2.45, 2.75) is 70.9 Å². The molecule has 1 aliphatic rings. The van der Waals surface area contributed by atoms with Crippen LogP contribution in [0, 0.1) is 12.3 Å². The highest BCUT2D eigenvalue weighted by Gasteiger charge is 2.39. The number of nitrogens with one attached hydrogen (secondary N) is 1. The molecule has 0 saturated carbocycles. The molecular formula is C30H34N2O3S. The summed E-state index contributed by atoms with van der Waals surface area (Å²) in [6, 6.07) is 15.9.